The molecule has 2 aromatic carbocycles. The van der Waals surface area contributed by atoms with E-state index in [0.29, 0.717) is 6.61 Å². The van der Waals surface area contributed by atoms with E-state index < -0.39 is 5.82 Å². The molecule has 0 spiro atoms. The fraction of sp³-hybridized carbons (Fsp3) is 0.143. The Kier molecular flexibility index (Phi) is 4.61. The molecule has 2 aromatic rings. The van der Waals surface area contributed by atoms with Crippen molar-refractivity contribution < 1.29 is 9.13 Å². The molecule has 0 unspecified atom stereocenters. The van der Waals surface area contributed by atoms with Gasteiger partial charge in [0.05, 0.1) is 5.02 Å². The molecule has 0 aromatic heterocycles. The highest BCUT2D eigenvalue weighted by Crippen LogP contribution is 2.18. The van der Waals surface area contributed by atoms with Gasteiger partial charge in [0.15, 0.2) is 0 Å². The summed E-state index contributed by atoms with van der Waals surface area (Å²) in [5.41, 5.74) is 1.93. The Morgan fingerprint density at radius 3 is 2.33 bits per heavy atom. The monoisotopic (exact) mass is 328 g/mol. The van der Waals surface area contributed by atoms with Crippen molar-refractivity contribution in [2.45, 2.75) is 11.9 Å². The molecule has 0 saturated carbocycles. The minimum atomic E-state index is -0.424. The van der Waals surface area contributed by atoms with Crippen LogP contribution in [0.25, 0.3) is 0 Å². The molecule has 1 nitrogen and oxygen atoms in total. The molecule has 18 heavy (non-hydrogen) atoms. The van der Waals surface area contributed by atoms with Crippen LogP contribution in [0.1, 0.15) is 11.1 Å². The topological polar surface area (TPSA) is 9.23 Å². The fourth-order valence-electron chi connectivity index (χ4n) is 1.47. The number of halogens is 3. The van der Waals surface area contributed by atoms with Crippen LogP contribution in [0.5, 0.6) is 5.75 Å². The summed E-state index contributed by atoms with van der Waals surface area (Å²) >= 11 is 8.99. The number of benzene rings is 2. The number of ether oxygens (including phenoxy) is 1. The SMILES string of the molecule is Fc1cc(COc2ccc(CBr)cc2)ccc1Cl. The van der Waals surface area contributed by atoms with Crippen LogP contribution in [0, 0.1) is 5.82 Å². The van der Waals surface area contributed by atoms with Gasteiger partial charge in [0.2, 0.25) is 0 Å². The highest BCUT2D eigenvalue weighted by atomic mass is 79.9. The summed E-state index contributed by atoms with van der Waals surface area (Å²) < 4.78 is 18.8. The third-order valence-corrected chi connectivity index (χ3v) is 3.42. The van der Waals surface area contributed by atoms with Crippen molar-refractivity contribution in [3.05, 3.63) is 64.4 Å². The first-order chi connectivity index (χ1) is 8.69. The van der Waals surface area contributed by atoms with Crippen LogP contribution in [0.15, 0.2) is 42.5 Å². The summed E-state index contributed by atoms with van der Waals surface area (Å²) in [5.74, 6) is 0.336. The molecule has 0 bridgehead atoms. The second kappa shape index (κ2) is 6.21. The van der Waals surface area contributed by atoms with Gasteiger partial charge in [-0.3, -0.25) is 0 Å². The van der Waals surface area contributed by atoms with Crippen LogP contribution in [0.3, 0.4) is 0 Å². The van der Waals surface area contributed by atoms with E-state index in [0.717, 1.165) is 16.6 Å². The maximum Gasteiger partial charge on any atom is 0.142 e. The molecule has 0 atom stereocenters. The number of hydrogen-bond acceptors (Lipinski definition) is 1. The van der Waals surface area contributed by atoms with Crippen molar-refractivity contribution in [3.8, 4) is 5.75 Å². The normalized spacial score (nSPS) is 10.4. The molecule has 0 saturated heterocycles. The predicted molar refractivity (Wildman–Crippen MR) is 74.8 cm³/mol. The molecule has 0 aliphatic rings. The van der Waals surface area contributed by atoms with Gasteiger partial charge >= 0.3 is 0 Å². The average molecular weight is 330 g/mol. The molecule has 0 radical (unpaired) electrons. The van der Waals surface area contributed by atoms with Gasteiger partial charge in [-0.15, -0.1) is 0 Å². The van der Waals surface area contributed by atoms with E-state index in [1.165, 1.54) is 17.7 Å². The average Bonchev–Trinajstić information content (AvgIpc) is 2.41. The van der Waals surface area contributed by atoms with Crippen molar-refractivity contribution in [2.75, 3.05) is 0 Å². The van der Waals surface area contributed by atoms with Crippen LogP contribution >= 0.6 is 27.5 Å². The van der Waals surface area contributed by atoms with Gasteiger partial charge in [0.25, 0.3) is 0 Å². The maximum absolute atomic E-state index is 13.2. The molecule has 0 aliphatic carbocycles. The first kappa shape index (κ1) is 13.4. The Labute approximate surface area is 119 Å². The Morgan fingerprint density at radius 2 is 1.72 bits per heavy atom. The quantitative estimate of drug-likeness (QED) is 0.721. The maximum atomic E-state index is 13.2. The Morgan fingerprint density at radius 1 is 1.06 bits per heavy atom. The van der Waals surface area contributed by atoms with Crippen LogP contribution in [0.2, 0.25) is 5.02 Å². The summed E-state index contributed by atoms with van der Waals surface area (Å²) in [6.07, 6.45) is 0. The second-order valence-electron chi connectivity index (χ2n) is 3.81. The smallest absolute Gasteiger partial charge is 0.142 e. The molecule has 0 fully saturated rings. The van der Waals surface area contributed by atoms with E-state index in [2.05, 4.69) is 15.9 Å². The summed E-state index contributed by atoms with van der Waals surface area (Å²) in [7, 11) is 0. The van der Waals surface area contributed by atoms with Gasteiger partial charge in [-0.05, 0) is 35.4 Å². The standard InChI is InChI=1S/C14H11BrClFO/c15-8-10-1-4-12(5-2-10)18-9-11-3-6-13(16)14(17)7-11/h1-7H,8-9H2. The Bertz CT molecular complexity index is 528. The molecule has 0 N–H and O–H groups in total. The van der Waals surface area contributed by atoms with Gasteiger partial charge < -0.3 is 4.74 Å². The van der Waals surface area contributed by atoms with Gasteiger partial charge in [-0.1, -0.05) is 45.7 Å². The van der Waals surface area contributed by atoms with E-state index in [9.17, 15) is 4.39 Å². The second-order valence-corrected chi connectivity index (χ2v) is 4.78. The highest BCUT2D eigenvalue weighted by molar-refractivity contribution is 9.08. The third-order valence-electron chi connectivity index (χ3n) is 2.47. The zero-order chi connectivity index (χ0) is 13.0. The van der Waals surface area contributed by atoms with Crippen LogP contribution in [-0.2, 0) is 11.9 Å². The van der Waals surface area contributed by atoms with Gasteiger partial charge in [0.1, 0.15) is 18.2 Å². The van der Waals surface area contributed by atoms with Crippen LogP contribution < -0.4 is 4.74 Å². The zero-order valence-electron chi connectivity index (χ0n) is 9.50. The minimum Gasteiger partial charge on any atom is -0.489 e. The first-order valence-corrected chi connectivity index (χ1v) is 6.90. The zero-order valence-corrected chi connectivity index (χ0v) is 11.8. The van der Waals surface area contributed by atoms with Crippen LogP contribution in [-0.4, -0.2) is 0 Å². The number of alkyl halides is 1. The van der Waals surface area contributed by atoms with Crippen molar-refractivity contribution in [3.63, 3.8) is 0 Å². The Balaban J connectivity index is 1.99. The molecule has 0 heterocycles. The van der Waals surface area contributed by atoms with Gasteiger partial charge in [0, 0.05) is 5.33 Å². The molecular weight excluding hydrogens is 319 g/mol. The lowest BCUT2D eigenvalue weighted by molar-refractivity contribution is 0.305. The van der Waals surface area contributed by atoms with E-state index in [-0.39, 0.29) is 5.02 Å². The lowest BCUT2D eigenvalue weighted by Gasteiger charge is -2.07. The van der Waals surface area contributed by atoms with Crippen LogP contribution in [0.4, 0.5) is 4.39 Å². The van der Waals surface area contributed by atoms with Crippen molar-refractivity contribution in [1.29, 1.82) is 0 Å². The van der Waals surface area contributed by atoms with Crippen molar-refractivity contribution in [2.24, 2.45) is 0 Å². The largest absolute Gasteiger partial charge is 0.489 e. The highest BCUT2D eigenvalue weighted by Gasteiger charge is 2.02. The van der Waals surface area contributed by atoms with Crippen molar-refractivity contribution >= 4 is 27.5 Å². The van der Waals surface area contributed by atoms with Gasteiger partial charge in [-0.2, -0.15) is 0 Å². The summed E-state index contributed by atoms with van der Waals surface area (Å²) in [5, 5.41) is 0.941. The van der Waals surface area contributed by atoms with E-state index in [1.54, 1.807) is 6.07 Å². The number of rotatable bonds is 4. The molecule has 94 valence electrons. The van der Waals surface area contributed by atoms with E-state index in [4.69, 9.17) is 16.3 Å². The summed E-state index contributed by atoms with van der Waals surface area (Å²) in [6, 6.07) is 12.4. The lowest BCUT2D eigenvalue weighted by atomic mass is 10.2. The molecule has 0 aliphatic heterocycles. The van der Waals surface area contributed by atoms with Gasteiger partial charge in [-0.25, -0.2) is 4.39 Å². The lowest BCUT2D eigenvalue weighted by Crippen LogP contribution is -1.96. The summed E-state index contributed by atoms with van der Waals surface area (Å²) in [6.45, 7) is 0.321. The summed E-state index contributed by atoms with van der Waals surface area (Å²) in [4.78, 5) is 0. The minimum absolute atomic E-state index is 0.125. The predicted octanol–water partition coefficient (Wildman–Crippen LogP) is 4.95. The molecule has 2 rings (SSSR count). The molecule has 0 amide bonds. The first-order valence-electron chi connectivity index (χ1n) is 5.40. The third kappa shape index (κ3) is 3.47. The fourth-order valence-corrected chi connectivity index (χ4v) is 1.96. The van der Waals surface area contributed by atoms with E-state index >= 15 is 0 Å². The Hall–Kier alpha value is -1.06. The molecule has 4 heteroatoms. The van der Waals surface area contributed by atoms with E-state index in [1.807, 2.05) is 24.3 Å². The number of hydrogen-bond donors (Lipinski definition) is 0. The van der Waals surface area contributed by atoms with Crippen molar-refractivity contribution in [1.82, 2.24) is 0 Å². The molecular formula is C14H11BrClFO.